The number of nitrogens with one attached hydrogen (secondary N) is 2. The van der Waals surface area contributed by atoms with Gasteiger partial charge in [-0.1, -0.05) is 6.92 Å². The molecule has 136 valence electrons. The first-order valence-corrected chi connectivity index (χ1v) is 9.14. The molecule has 1 aliphatic rings. The molecule has 0 aromatic heterocycles. The molecule has 2 N–H and O–H groups in total. The zero-order valence-electron chi connectivity index (χ0n) is 14.7. The molecule has 1 aliphatic heterocycles. The summed E-state index contributed by atoms with van der Waals surface area (Å²) < 4.78 is 25.8. The Morgan fingerprint density at radius 2 is 1.88 bits per heavy atom. The van der Waals surface area contributed by atoms with Crippen molar-refractivity contribution in [3.63, 3.8) is 0 Å². The van der Waals surface area contributed by atoms with Crippen molar-refractivity contribution in [2.45, 2.75) is 25.7 Å². The van der Waals surface area contributed by atoms with Crippen molar-refractivity contribution in [2.24, 2.45) is 11.8 Å². The molecule has 1 aromatic rings. The van der Waals surface area contributed by atoms with Crippen molar-refractivity contribution in [2.75, 3.05) is 32.5 Å². The van der Waals surface area contributed by atoms with Gasteiger partial charge in [0, 0.05) is 25.7 Å². The van der Waals surface area contributed by atoms with Gasteiger partial charge in [0.15, 0.2) is 0 Å². The summed E-state index contributed by atoms with van der Waals surface area (Å²) in [5.74, 6) is 0.161. The fourth-order valence-corrected chi connectivity index (χ4v) is 3.46. The van der Waals surface area contributed by atoms with Crippen LogP contribution in [0.3, 0.4) is 0 Å². The minimum atomic E-state index is -3.53. The molecule has 1 aromatic carbocycles. The molecule has 1 fully saturated rings. The molecule has 1 saturated heterocycles. The lowest BCUT2D eigenvalue weighted by atomic mass is 9.88. The highest BCUT2D eigenvalue weighted by Crippen LogP contribution is 2.27. The van der Waals surface area contributed by atoms with Gasteiger partial charge in [-0.3, -0.25) is 4.79 Å². The van der Waals surface area contributed by atoms with Gasteiger partial charge in [-0.25, -0.2) is 12.7 Å². The van der Waals surface area contributed by atoms with E-state index in [-0.39, 0.29) is 29.1 Å². The molecule has 0 bridgehead atoms. The average Bonchev–Trinajstić information content (AvgIpc) is 2.41. The Bertz CT molecular complexity index is 716. The molecule has 6 nitrogen and oxygen atoms in total. The van der Waals surface area contributed by atoms with Gasteiger partial charge in [0.2, 0.25) is 15.9 Å². The van der Waals surface area contributed by atoms with E-state index in [1.807, 2.05) is 20.8 Å². The van der Waals surface area contributed by atoms with E-state index in [1.165, 1.54) is 18.4 Å². The summed E-state index contributed by atoms with van der Waals surface area (Å²) in [6.45, 7) is 7.33. The van der Waals surface area contributed by atoms with Crippen molar-refractivity contribution < 1.29 is 13.2 Å². The molecule has 1 amide bonds. The van der Waals surface area contributed by atoms with E-state index in [1.54, 1.807) is 12.1 Å². The van der Waals surface area contributed by atoms with E-state index in [0.29, 0.717) is 11.6 Å². The number of nitrogens with zero attached hydrogens (tertiary/aromatic N) is 1. The van der Waals surface area contributed by atoms with E-state index in [2.05, 4.69) is 10.6 Å². The third kappa shape index (κ3) is 4.08. The lowest BCUT2D eigenvalue weighted by molar-refractivity contribution is -0.121. The normalized spacial score (nSPS) is 16.2. The molecule has 0 aliphatic carbocycles. The lowest BCUT2D eigenvalue weighted by Crippen LogP contribution is -2.48. The number of benzene rings is 1. The second-order valence-electron chi connectivity index (χ2n) is 6.40. The third-order valence-electron chi connectivity index (χ3n) is 4.61. The molecule has 0 spiro atoms. The van der Waals surface area contributed by atoms with Crippen molar-refractivity contribution in [3.8, 4) is 0 Å². The highest BCUT2D eigenvalue weighted by Gasteiger charge is 2.29. The van der Waals surface area contributed by atoms with Crippen LogP contribution in [0.2, 0.25) is 0 Å². The summed E-state index contributed by atoms with van der Waals surface area (Å²) in [7, 11) is -0.544. The fraction of sp³-hybridized carbons (Fsp3) is 0.562. The predicted molar refractivity (Wildman–Crippen MR) is 98.2 cm³/mol. The molecule has 2 rings (SSSR count). The fourth-order valence-electron chi connectivity index (χ4n) is 2.44. The van der Waals surface area contributed by atoms with Crippen molar-refractivity contribution >= 4 is 34.0 Å². The Morgan fingerprint density at radius 1 is 1.29 bits per heavy atom. The quantitative estimate of drug-likeness (QED) is 0.822. The highest BCUT2D eigenvalue weighted by atomic mass is 35.5. The van der Waals surface area contributed by atoms with Gasteiger partial charge in [0.05, 0.1) is 4.90 Å². The maximum atomic E-state index is 12.4. The van der Waals surface area contributed by atoms with Gasteiger partial charge >= 0.3 is 0 Å². The number of halogens is 1. The summed E-state index contributed by atoms with van der Waals surface area (Å²) in [5.41, 5.74) is 2.28. The van der Waals surface area contributed by atoms with Crippen LogP contribution >= 0.6 is 12.4 Å². The Kier molecular flexibility index (Phi) is 6.81. The molecule has 0 radical (unpaired) electrons. The number of hydrogen-bond acceptors (Lipinski definition) is 4. The maximum Gasteiger partial charge on any atom is 0.242 e. The van der Waals surface area contributed by atoms with Crippen LogP contribution in [0, 0.1) is 25.7 Å². The first kappa shape index (κ1) is 20.9. The van der Waals surface area contributed by atoms with Gasteiger partial charge < -0.3 is 10.6 Å². The summed E-state index contributed by atoms with van der Waals surface area (Å²) in [4.78, 5) is 12.6. The van der Waals surface area contributed by atoms with Gasteiger partial charge in [-0.15, -0.1) is 12.4 Å². The molecule has 24 heavy (non-hydrogen) atoms. The standard InChI is InChI=1S/C16H25N3O3S.ClH/c1-10-6-14(23(21,22)19(4)5)7-15(11(10)2)18-16(20)12(3)13-8-17-9-13;/h6-7,12-13,17H,8-9H2,1-5H3,(H,18,20);1H. The van der Waals surface area contributed by atoms with E-state index in [9.17, 15) is 13.2 Å². The van der Waals surface area contributed by atoms with Crippen LogP contribution in [-0.2, 0) is 14.8 Å². The van der Waals surface area contributed by atoms with Gasteiger partial charge in [0.25, 0.3) is 0 Å². The Hall–Kier alpha value is -1.15. The maximum absolute atomic E-state index is 12.4. The van der Waals surface area contributed by atoms with E-state index in [4.69, 9.17) is 0 Å². The molecule has 1 heterocycles. The van der Waals surface area contributed by atoms with Crippen LogP contribution in [0.1, 0.15) is 18.1 Å². The molecule has 1 unspecified atom stereocenters. The number of aryl methyl sites for hydroxylation is 1. The monoisotopic (exact) mass is 375 g/mol. The number of sulfonamides is 1. The minimum Gasteiger partial charge on any atom is -0.326 e. The Labute approximate surface area is 150 Å². The number of rotatable bonds is 5. The molecular formula is C16H26ClN3O3S. The zero-order valence-corrected chi connectivity index (χ0v) is 16.3. The first-order valence-electron chi connectivity index (χ1n) is 7.70. The van der Waals surface area contributed by atoms with E-state index in [0.717, 1.165) is 24.2 Å². The first-order chi connectivity index (χ1) is 10.6. The molecule has 0 saturated carbocycles. The van der Waals surface area contributed by atoms with Crippen LogP contribution in [-0.4, -0.2) is 45.8 Å². The summed E-state index contributed by atoms with van der Waals surface area (Å²) in [6.07, 6.45) is 0. The highest BCUT2D eigenvalue weighted by molar-refractivity contribution is 7.89. The van der Waals surface area contributed by atoms with Crippen LogP contribution in [0.15, 0.2) is 17.0 Å². The SMILES string of the molecule is Cc1cc(S(=O)(=O)N(C)C)cc(NC(=O)C(C)C2CNC2)c1C.Cl. The number of carbonyl (C=O) groups excluding carboxylic acids is 1. The van der Waals surface area contributed by atoms with Gasteiger partial charge in [0.1, 0.15) is 0 Å². The van der Waals surface area contributed by atoms with Crippen LogP contribution in [0.25, 0.3) is 0 Å². The van der Waals surface area contributed by atoms with Gasteiger partial charge in [-0.2, -0.15) is 0 Å². The predicted octanol–water partition coefficient (Wildman–Crippen LogP) is 1.77. The zero-order chi connectivity index (χ0) is 17.4. The lowest BCUT2D eigenvalue weighted by Gasteiger charge is -2.32. The average molecular weight is 376 g/mol. The van der Waals surface area contributed by atoms with Crippen LogP contribution in [0.5, 0.6) is 0 Å². The number of anilines is 1. The molecular weight excluding hydrogens is 350 g/mol. The number of amides is 1. The Morgan fingerprint density at radius 3 is 2.33 bits per heavy atom. The van der Waals surface area contributed by atoms with Crippen molar-refractivity contribution in [1.29, 1.82) is 0 Å². The minimum absolute atomic E-state index is 0. The summed E-state index contributed by atoms with van der Waals surface area (Å²) in [5, 5.41) is 6.06. The third-order valence-corrected chi connectivity index (χ3v) is 6.40. The number of hydrogen-bond donors (Lipinski definition) is 2. The second kappa shape index (κ2) is 7.82. The van der Waals surface area contributed by atoms with E-state index >= 15 is 0 Å². The van der Waals surface area contributed by atoms with E-state index < -0.39 is 10.0 Å². The molecule has 8 heteroatoms. The van der Waals surface area contributed by atoms with Crippen LogP contribution in [0.4, 0.5) is 5.69 Å². The summed E-state index contributed by atoms with van der Waals surface area (Å²) in [6, 6.07) is 3.18. The largest absolute Gasteiger partial charge is 0.326 e. The van der Waals surface area contributed by atoms with Crippen molar-refractivity contribution in [1.82, 2.24) is 9.62 Å². The molecule has 1 atom stereocenters. The second-order valence-corrected chi connectivity index (χ2v) is 8.55. The van der Waals surface area contributed by atoms with Crippen LogP contribution < -0.4 is 10.6 Å². The number of carbonyl (C=O) groups is 1. The summed E-state index contributed by atoms with van der Waals surface area (Å²) >= 11 is 0. The van der Waals surface area contributed by atoms with Gasteiger partial charge in [-0.05, 0) is 56.1 Å². The smallest absolute Gasteiger partial charge is 0.242 e. The van der Waals surface area contributed by atoms with Crippen molar-refractivity contribution in [3.05, 3.63) is 23.3 Å². The Balaban J connectivity index is 0.00000288. The topological polar surface area (TPSA) is 78.5 Å².